The van der Waals surface area contributed by atoms with Crippen LogP contribution in [0.4, 0.5) is 0 Å². The van der Waals surface area contributed by atoms with Gasteiger partial charge in [-0.2, -0.15) is 0 Å². The molecule has 2 heteroatoms. The van der Waals surface area contributed by atoms with Crippen molar-refractivity contribution in [1.82, 2.24) is 5.32 Å². The topological polar surface area (TPSA) is 29.1 Å². The molecule has 0 spiro atoms. The number of amides is 1. The van der Waals surface area contributed by atoms with Gasteiger partial charge in [-0.3, -0.25) is 4.79 Å². The molecule has 0 bridgehead atoms. The third-order valence-electron chi connectivity index (χ3n) is 2.14. The standard InChI is InChI=1S/C12H21NO/c1-4-7-8-10-11(9-5-2)13-12(14)6-3/h5-6,11H,2-4,7-10H2,1H3,(H,13,14). The Balaban J connectivity index is 3.81. The fourth-order valence-electron chi connectivity index (χ4n) is 1.35. The van der Waals surface area contributed by atoms with Crippen molar-refractivity contribution in [2.45, 2.75) is 45.1 Å². The van der Waals surface area contributed by atoms with Gasteiger partial charge in [0.15, 0.2) is 0 Å². The highest BCUT2D eigenvalue weighted by Crippen LogP contribution is 2.06. The van der Waals surface area contributed by atoms with Crippen LogP contribution >= 0.6 is 0 Å². The van der Waals surface area contributed by atoms with Crippen LogP contribution in [0.2, 0.25) is 0 Å². The van der Waals surface area contributed by atoms with Crippen LogP contribution in [0, 0.1) is 0 Å². The van der Waals surface area contributed by atoms with Crippen LogP contribution in [0.25, 0.3) is 0 Å². The Morgan fingerprint density at radius 1 is 1.43 bits per heavy atom. The third kappa shape index (κ3) is 6.46. The quantitative estimate of drug-likeness (QED) is 0.360. The Kier molecular flexibility index (Phi) is 7.90. The summed E-state index contributed by atoms with van der Waals surface area (Å²) >= 11 is 0. The molecule has 0 aliphatic heterocycles. The SMILES string of the molecule is C=CCC(CCCCC)NC(=O)C=C. The van der Waals surface area contributed by atoms with E-state index in [0.717, 1.165) is 19.3 Å². The number of hydrogen-bond donors (Lipinski definition) is 1. The second-order valence-electron chi connectivity index (χ2n) is 3.43. The van der Waals surface area contributed by atoms with Gasteiger partial charge in [0, 0.05) is 6.04 Å². The molecule has 0 rings (SSSR count). The maximum absolute atomic E-state index is 11.1. The van der Waals surface area contributed by atoms with Crippen LogP contribution in [0.15, 0.2) is 25.3 Å². The van der Waals surface area contributed by atoms with E-state index in [2.05, 4.69) is 25.4 Å². The molecule has 1 unspecified atom stereocenters. The fraction of sp³-hybridized carbons (Fsp3) is 0.583. The number of carbonyl (C=O) groups is 1. The summed E-state index contributed by atoms with van der Waals surface area (Å²) < 4.78 is 0. The molecule has 0 aliphatic carbocycles. The minimum Gasteiger partial charge on any atom is -0.350 e. The van der Waals surface area contributed by atoms with E-state index < -0.39 is 0 Å². The number of nitrogens with one attached hydrogen (secondary N) is 1. The van der Waals surface area contributed by atoms with Crippen molar-refractivity contribution in [2.24, 2.45) is 0 Å². The largest absolute Gasteiger partial charge is 0.350 e. The van der Waals surface area contributed by atoms with Crippen molar-refractivity contribution in [3.05, 3.63) is 25.3 Å². The highest BCUT2D eigenvalue weighted by Gasteiger charge is 2.07. The minimum absolute atomic E-state index is 0.0895. The molecule has 1 N–H and O–H groups in total. The molecular formula is C12H21NO. The van der Waals surface area contributed by atoms with E-state index in [4.69, 9.17) is 0 Å². The highest BCUT2D eigenvalue weighted by atomic mass is 16.1. The van der Waals surface area contributed by atoms with Crippen molar-refractivity contribution in [1.29, 1.82) is 0 Å². The van der Waals surface area contributed by atoms with Crippen molar-refractivity contribution in [3.8, 4) is 0 Å². The molecule has 0 aromatic carbocycles. The molecule has 0 aromatic heterocycles. The van der Waals surface area contributed by atoms with Crippen LogP contribution in [0.3, 0.4) is 0 Å². The number of rotatable bonds is 8. The van der Waals surface area contributed by atoms with Gasteiger partial charge in [0.05, 0.1) is 0 Å². The van der Waals surface area contributed by atoms with E-state index in [1.807, 2.05) is 6.08 Å². The van der Waals surface area contributed by atoms with Gasteiger partial charge >= 0.3 is 0 Å². The first-order valence-corrected chi connectivity index (χ1v) is 5.28. The molecule has 0 radical (unpaired) electrons. The van der Waals surface area contributed by atoms with E-state index in [9.17, 15) is 4.79 Å². The zero-order valence-corrected chi connectivity index (χ0v) is 9.09. The molecule has 1 amide bonds. The third-order valence-corrected chi connectivity index (χ3v) is 2.14. The summed E-state index contributed by atoms with van der Waals surface area (Å²) in [6.07, 6.45) is 8.61. The summed E-state index contributed by atoms with van der Waals surface area (Å²) in [6.45, 7) is 9.29. The van der Waals surface area contributed by atoms with Gasteiger partial charge in [0.25, 0.3) is 0 Å². The molecule has 0 heterocycles. The number of unbranched alkanes of at least 4 members (excludes halogenated alkanes) is 2. The lowest BCUT2D eigenvalue weighted by atomic mass is 10.1. The second kappa shape index (κ2) is 8.54. The number of hydrogen-bond acceptors (Lipinski definition) is 1. The van der Waals surface area contributed by atoms with Gasteiger partial charge in [-0.1, -0.05) is 38.8 Å². The molecule has 2 nitrogen and oxygen atoms in total. The zero-order chi connectivity index (χ0) is 10.8. The molecule has 80 valence electrons. The summed E-state index contributed by atoms with van der Waals surface area (Å²) in [6, 6.07) is 0.226. The van der Waals surface area contributed by atoms with E-state index in [1.165, 1.54) is 18.9 Å². The van der Waals surface area contributed by atoms with E-state index in [1.54, 1.807) is 0 Å². The Labute approximate surface area is 87.1 Å². The molecule has 0 fully saturated rings. The molecular weight excluding hydrogens is 174 g/mol. The normalized spacial score (nSPS) is 11.8. The summed E-state index contributed by atoms with van der Waals surface area (Å²) in [4.78, 5) is 11.1. The Bertz CT molecular complexity index is 187. The maximum atomic E-state index is 11.1. The summed E-state index contributed by atoms with van der Waals surface area (Å²) in [7, 11) is 0. The first-order valence-electron chi connectivity index (χ1n) is 5.28. The van der Waals surface area contributed by atoms with Gasteiger partial charge in [-0.15, -0.1) is 6.58 Å². The maximum Gasteiger partial charge on any atom is 0.243 e. The second-order valence-corrected chi connectivity index (χ2v) is 3.43. The first-order chi connectivity index (χ1) is 6.74. The van der Waals surface area contributed by atoms with Crippen LogP contribution in [-0.2, 0) is 4.79 Å². The smallest absolute Gasteiger partial charge is 0.243 e. The lowest BCUT2D eigenvalue weighted by Crippen LogP contribution is -2.33. The van der Waals surface area contributed by atoms with Gasteiger partial charge in [-0.25, -0.2) is 0 Å². The lowest BCUT2D eigenvalue weighted by molar-refractivity contribution is -0.117. The van der Waals surface area contributed by atoms with Crippen molar-refractivity contribution < 1.29 is 4.79 Å². The van der Waals surface area contributed by atoms with Crippen LogP contribution in [-0.4, -0.2) is 11.9 Å². The lowest BCUT2D eigenvalue weighted by Gasteiger charge is -2.15. The zero-order valence-electron chi connectivity index (χ0n) is 9.09. The number of carbonyl (C=O) groups excluding carboxylic acids is 1. The summed E-state index contributed by atoms with van der Waals surface area (Å²) in [5, 5.41) is 2.90. The summed E-state index contributed by atoms with van der Waals surface area (Å²) in [5.74, 6) is -0.0895. The molecule has 0 aliphatic rings. The van der Waals surface area contributed by atoms with E-state index in [-0.39, 0.29) is 11.9 Å². The van der Waals surface area contributed by atoms with Crippen molar-refractivity contribution in [2.75, 3.05) is 0 Å². The molecule has 1 atom stereocenters. The minimum atomic E-state index is -0.0895. The molecule has 0 saturated carbocycles. The highest BCUT2D eigenvalue weighted by molar-refractivity contribution is 5.87. The van der Waals surface area contributed by atoms with Crippen molar-refractivity contribution >= 4 is 5.91 Å². The van der Waals surface area contributed by atoms with E-state index >= 15 is 0 Å². The Morgan fingerprint density at radius 3 is 2.64 bits per heavy atom. The molecule has 0 aromatic rings. The van der Waals surface area contributed by atoms with Crippen LogP contribution in [0.1, 0.15) is 39.0 Å². The van der Waals surface area contributed by atoms with Gasteiger partial charge < -0.3 is 5.32 Å². The van der Waals surface area contributed by atoms with E-state index in [0.29, 0.717) is 0 Å². The Morgan fingerprint density at radius 2 is 2.14 bits per heavy atom. The van der Waals surface area contributed by atoms with Gasteiger partial charge in [-0.05, 0) is 18.9 Å². The van der Waals surface area contributed by atoms with Gasteiger partial charge in [0.2, 0.25) is 5.91 Å². The summed E-state index contributed by atoms with van der Waals surface area (Å²) in [5.41, 5.74) is 0. The van der Waals surface area contributed by atoms with Gasteiger partial charge in [0.1, 0.15) is 0 Å². The average molecular weight is 195 g/mol. The first kappa shape index (κ1) is 12.9. The monoisotopic (exact) mass is 195 g/mol. The van der Waals surface area contributed by atoms with Crippen molar-refractivity contribution in [3.63, 3.8) is 0 Å². The molecule has 0 saturated heterocycles. The predicted molar refractivity (Wildman–Crippen MR) is 61.1 cm³/mol. The van der Waals surface area contributed by atoms with Crippen LogP contribution in [0.5, 0.6) is 0 Å². The Hall–Kier alpha value is -1.05. The predicted octanol–water partition coefficient (Wildman–Crippen LogP) is 2.81. The average Bonchev–Trinajstić information content (AvgIpc) is 2.18. The molecule has 14 heavy (non-hydrogen) atoms. The fourth-order valence-corrected chi connectivity index (χ4v) is 1.35. The van der Waals surface area contributed by atoms with Crippen LogP contribution < -0.4 is 5.32 Å².